The molecule has 0 aliphatic heterocycles. The smallest absolute Gasteiger partial charge is 0.354 e. The van der Waals surface area contributed by atoms with Gasteiger partial charge in [-0.2, -0.15) is 5.26 Å². The molecule has 6 heteroatoms. The summed E-state index contributed by atoms with van der Waals surface area (Å²) in [5.41, 5.74) is -0.293. The second-order valence-corrected chi connectivity index (χ2v) is 4.81. The van der Waals surface area contributed by atoms with Gasteiger partial charge in [0.15, 0.2) is 0 Å². The first-order chi connectivity index (χ1) is 10.6. The number of fused-ring (bicyclic) bond motifs is 1. The highest BCUT2D eigenvalue weighted by Gasteiger charge is 2.05. The summed E-state index contributed by atoms with van der Waals surface area (Å²) in [5, 5.41) is 18.0. The molecular formula is C16H15NO5. The van der Waals surface area contributed by atoms with Crippen LogP contribution in [0.5, 0.6) is 5.75 Å². The van der Waals surface area contributed by atoms with E-state index in [2.05, 4.69) is 0 Å². The minimum atomic E-state index is -0.787. The standard InChI is InChI=1S/C16H15NO5/c17-10-12-8-11-9-13(5-6-14(11)22-16(12)20)21-7-3-1-2-4-15(18)19/h5-6,8-9H,1-4,7H2,(H,18,19). The molecule has 2 rings (SSSR count). The molecule has 0 unspecified atom stereocenters. The van der Waals surface area contributed by atoms with Crippen LogP contribution in [0, 0.1) is 11.3 Å². The number of unbranched alkanes of at least 4 members (excludes halogenated alkanes) is 2. The van der Waals surface area contributed by atoms with Crippen LogP contribution in [0.2, 0.25) is 0 Å². The zero-order chi connectivity index (χ0) is 15.9. The SMILES string of the molecule is N#Cc1cc2cc(OCCCCCC(=O)O)ccc2oc1=O. The highest BCUT2D eigenvalue weighted by atomic mass is 16.5. The molecule has 6 nitrogen and oxygen atoms in total. The van der Waals surface area contributed by atoms with Gasteiger partial charge in [-0.15, -0.1) is 0 Å². The third-order valence-corrected chi connectivity index (χ3v) is 3.13. The second kappa shape index (κ2) is 7.27. The van der Waals surface area contributed by atoms with Gasteiger partial charge >= 0.3 is 11.6 Å². The average Bonchev–Trinajstić information content (AvgIpc) is 2.50. The first kappa shape index (κ1) is 15.6. The predicted octanol–water partition coefficient (Wildman–Crippen LogP) is 2.69. The molecule has 1 heterocycles. The number of ether oxygens (including phenoxy) is 1. The summed E-state index contributed by atoms with van der Waals surface area (Å²) in [6.45, 7) is 0.479. The number of nitrogens with zero attached hydrogens (tertiary/aromatic N) is 1. The largest absolute Gasteiger partial charge is 0.494 e. The number of aliphatic carboxylic acids is 1. The Kier molecular flexibility index (Phi) is 5.15. The molecule has 0 aliphatic rings. The fourth-order valence-electron chi connectivity index (χ4n) is 2.01. The topological polar surface area (TPSA) is 101 Å². The van der Waals surface area contributed by atoms with Crippen LogP contribution in [-0.2, 0) is 4.79 Å². The van der Waals surface area contributed by atoms with E-state index in [0.717, 1.165) is 12.8 Å². The lowest BCUT2D eigenvalue weighted by atomic mass is 10.2. The van der Waals surface area contributed by atoms with Crippen LogP contribution in [0.15, 0.2) is 33.5 Å². The minimum absolute atomic E-state index is 0.0432. The first-order valence-corrected chi connectivity index (χ1v) is 6.93. The predicted molar refractivity (Wildman–Crippen MR) is 78.8 cm³/mol. The lowest BCUT2D eigenvalue weighted by Crippen LogP contribution is -2.03. The Bertz CT molecular complexity index is 772. The van der Waals surface area contributed by atoms with Crippen molar-refractivity contribution in [2.45, 2.75) is 25.7 Å². The van der Waals surface area contributed by atoms with Gasteiger partial charge in [-0.05, 0) is 43.5 Å². The minimum Gasteiger partial charge on any atom is -0.494 e. The monoisotopic (exact) mass is 301 g/mol. The lowest BCUT2D eigenvalue weighted by molar-refractivity contribution is -0.137. The van der Waals surface area contributed by atoms with Crippen LogP contribution >= 0.6 is 0 Å². The molecule has 0 amide bonds. The fourth-order valence-corrected chi connectivity index (χ4v) is 2.01. The summed E-state index contributed by atoms with van der Waals surface area (Å²) in [5.74, 6) is -0.172. The van der Waals surface area contributed by atoms with Gasteiger partial charge in [-0.3, -0.25) is 4.79 Å². The Labute approximate surface area is 126 Å². The van der Waals surface area contributed by atoms with E-state index >= 15 is 0 Å². The molecule has 0 bridgehead atoms. The Hall–Kier alpha value is -2.81. The molecule has 0 fully saturated rings. The maximum Gasteiger partial charge on any atom is 0.354 e. The van der Waals surface area contributed by atoms with Crippen molar-refractivity contribution in [3.8, 4) is 11.8 Å². The third-order valence-electron chi connectivity index (χ3n) is 3.13. The molecule has 0 atom stereocenters. The highest BCUT2D eigenvalue weighted by molar-refractivity contribution is 5.79. The van der Waals surface area contributed by atoms with E-state index in [9.17, 15) is 9.59 Å². The molecule has 22 heavy (non-hydrogen) atoms. The maximum atomic E-state index is 11.4. The molecule has 1 aromatic heterocycles. The van der Waals surface area contributed by atoms with Gasteiger partial charge in [0.1, 0.15) is 23.0 Å². The van der Waals surface area contributed by atoms with Gasteiger partial charge in [0.2, 0.25) is 0 Å². The molecular weight excluding hydrogens is 286 g/mol. The van der Waals surface area contributed by atoms with Crippen molar-refractivity contribution in [3.63, 3.8) is 0 Å². The van der Waals surface area contributed by atoms with Gasteiger partial charge in [0, 0.05) is 11.8 Å². The lowest BCUT2D eigenvalue weighted by Gasteiger charge is -2.06. The summed E-state index contributed by atoms with van der Waals surface area (Å²) >= 11 is 0. The summed E-state index contributed by atoms with van der Waals surface area (Å²) in [4.78, 5) is 21.8. The van der Waals surface area contributed by atoms with Crippen LogP contribution in [-0.4, -0.2) is 17.7 Å². The number of hydrogen-bond acceptors (Lipinski definition) is 5. The number of carboxylic acids is 1. The molecule has 0 saturated heterocycles. The van der Waals surface area contributed by atoms with Crippen molar-refractivity contribution in [2.75, 3.05) is 6.61 Å². The first-order valence-electron chi connectivity index (χ1n) is 6.93. The summed E-state index contributed by atoms with van der Waals surface area (Å²) in [6, 6.07) is 8.28. The van der Waals surface area contributed by atoms with E-state index in [1.807, 2.05) is 0 Å². The number of hydrogen-bond donors (Lipinski definition) is 1. The summed E-state index contributed by atoms with van der Waals surface area (Å²) < 4.78 is 10.6. The van der Waals surface area contributed by atoms with E-state index in [4.69, 9.17) is 19.5 Å². The Morgan fingerprint density at radius 2 is 2.09 bits per heavy atom. The van der Waals surface area contributed by atoms with Crippen molar-refractivity contribution in [1.29, 1.82) is 5.26 Å². The molecule has 0 aliphatic carbocycles. The quantitative estimate of drug-likeness (QED) is 0.623. The molecule has 114 valence electrons. The van der Waals surface area contributed by atoms with Crippen LogP contribution in [0.25, 0.3) is 11.0 Å². The normalized spacial score (nSPS) is 10.3. The maximum absolute atomic E-state index is 11.4. The second-order valence-electron chi connectivity index (χ2n) is 4.81. The van der Waals surface area contributed by atoms with E-state index < -0.39 is 11.6 Å². The number of rotatable bonds is 7. The number of carbonyl (C=O) groups is 1. The van der Waals surface area contributed by atoms with E-state index in [1.54, 1.807) is 24.3 Å². The van der Waals surface area contributed by atoms with Crippen LogP contribution < -0.4 is 10.4 Å². The Morgan fingerprint density at radius 3 is 2.82 bits per heavy atom. The van der Waals surface area contributed by atoms with Crippen molar-refractivity contribution >= 4 is 16.9 Å². The molecule has 0 spiro atoms. The van der Waals surface area contributed by atoms with E-state index in [0.29, 0.717) is 29.7 Å². The zero-order valence-corrected chi connectivity index (χ0v) is 11.9. The third kappa shape index (κ3) is 4.09. The van der Waals surface area contributed by atoms with Gasteiger partial charge in [0.05, 0.1) is 6.61 Å². The van der Waals surface area contributed by atoms with Crippen molar-refractivity contribution in [2.24, 2.45) is 0 Å². The summed E-state index contributed by atoms with van der Waals surface area (Å²) in [6.07, 6.45) is 2.35. The van der Waals surface area contributed by atoms with E-state index in [1.165, 1.54) is 6.07 Å². The number of benzene rings is 1. The Balaban J connectivity index is 1.95. The molecule has 2 aromatic rings. The van der Waals surface area contributed by atoms with Crippen molar-refractivity contribution in [3.05, 3.63) is 40.2 Å². The number of nitriles is 1. The van der Waals surface area contributed by atoms with Gasteiger partial charge in [0.25, 0.3) is 0 Å². The molecule has 1 N–H and O–H groups in total. The van der Waals surface area contributed by atoms with Crippen LogP contribution in [0.1, 0.15) is 31.2 Å². The molecule has 0 radical (unpaired) electrons. The zero-order valence-electron chi connectivity index (χ0n) is 11.9. The van der Waals surface area contributed by atoms with Crippen molar-refractivity contribution < 1.29 is 19.1 Å². The van der Waals surface area contributed by atoms with Gasteiger partial charge < -0.3 is 14.3 Å². The van der Waals surface area contributed by atoms with Gasteiger partial charge in [-0.1, -0.05) is 0 Å². The van der Waals surface area contributed by atoms with Crippen LogP contribution in [0.3, 0.4) is 0 Å². The average molecular weight is 301 g/mol. The Morgan fingerprint density at radius 1 is 1.27 bits per heavy atom. The van der Waals surface area contributed by atoms with E-state index in [-0.39, 0.29) is 12.0 Å². The van der Waals surface area contributed by atoms with Crippen molar-refractivity contribution in [1.82, 2.24) is 0 Å². The number of carboxylic acid groups (broad SMARTS) is 1. The summed E-state index contributed by atoms with van der Waals surface area (Å²) in [7, 11) is 0. The molecule has 1 aromatic carbocycles. The fraction of sp³-hybridized carbons (Fsp3) is 0.312. The van der Waals surface area contributed by atoms with Crippen LogP contribution in [0.4, 0.5) is 0 Å². The molecule has 0 saturated carbocycles. The van der Waals surface area contributed by atoms with Gasteiger partial charge in [-0.25, -0.2) is 4.79 Å². The highest BCUT2D eigenvalue weighted by Crippen LogP contribution is 2.20.